The van der Waals surface area contributed by atoms with Gasteiger partial charge < -0.3 is 19.6 Å². The number of hydrogen-bond acceptors (Lipinski definition) is 4. The fraction of sp³-hybridized carbons (Fsp3) is 0.961. The van der Waals surface area contributed by atoms with Gasteiger partial charge in [-0.1, -0.05) is 200 Å². The Morgan fingerprint density at radius 3 is 0.719 bits per heavy atom. The highest BCUT2D eigenvalue weighted by molar-refractivity contribution is 5.76. The second-order valence-electron chi connectivity index (χ2n) is 18.5. The normalized spacial score (nSPS) is 11.6. The Balaban J connectivity index is 4.20. The standard InChI is InChI=1S/C51H104N4O2/c1-7-9-11-13-15-17-19-21-23-25-28-32-36-42-50(56)54(48-40-44-52(3)4)46-38-34-30-27-31-35-39-47-55(49-41-45-53(5)6)51(57)43-37-33-29-26-24-22-20-18-16-14-12-10-8-2/h7-49H2,1-6H3. The Morgan fingerprint density at radius 2 is 0.474 bits per heavy atom. The van der Waals surface area contributed by atoms with Crippen LogP contribution >= 0.6 is 0 Å². The molecule has 0 saturated heterocycles. The summed E-state index contributed by atoms with van der Waals surface area (Å²) in [6.07, 6.45) is 47.0. The van der Waals surface area contributed by atoms with Crippen molar-refractivity contribution in [1.82, 2.24) is 19.6 Å². The first-order valence-electron chi connectivity index (χ1n) is 25.7. The molecule has 0 fully saturated rings. The summed E-state index contributed by atoms with van der Waals surface area (Å²) in [5, 5.41) is 0. The van der Waals surface area contributed by atoms with E-state index in [1.54, 1.807) is 0 Å². The average Bonchev–Trinajstić information content (AvgIpc) is 3.18. The first-order valence-corrected chi connectivity index (χ1v) is 25.7. The number of nitrogens with zero attached hydrogens (tertiary/aromatic N) is 4. The van der Waals surface area contributed by atoms with E-state index in [2.05, 4.69) is 61.6 Å². The van der Waals surface area contributed by atoms with Crippen molar-refractivity contribution in [2.24, 2.45) is 0 Å². The molecule has 0 spiro atoms. The quantitative estimate of drug-likeness (QED) is 0.0575. The molecule has 0 aromatic heterocycles. The number of carbonyl (C=O) groups is 2. The minimum Gasteiger partial charge on any atom is -0.343 e. The van der Waals surface area contributed by atoms with Crippen molar-refractivity contribution in [3.63, 3.8) is 0 Å². The zero-order valence-corrected chi connectivity index (χ0v) is 40.0. The van der Waals surface area contributed by atoms with Crippen molar-refractivity contribution in [1.29, 1.82) is 0 Å². The van der Waals surface area contributed by atoms with Crippen LogP contribution in [-0.2, 0) is 9.59 Å². The third-order valence-electron chi connectivity index (χ3n) is 12.1. The van der Waals surface area contributed by atoms with Crippen LogP contribution in [0.1, 0.15) is 251 Å². The van der Waals surface area contributed by atoms with Crippen molar-refractivity contribution >= 4 is 11.8 Å². The Bertz CT molecular complexity index is 768. The lowest BCUT2D eigenvalue weighted by atomic mass is 10.0. The molecule has 0 unspecified atom stereocenters. The van der Waals surface area contributed by atoms with Gasteiger partial charge in [-0.15, -0.1) is 0 Å². The molecule has 0 N–H and O–H groups in total. The lowest BCUT2D eigenvalue weighted by Crippen LogP contribution is -2.34. The number of hydrogen-bond donors (Lipinski definition) is 0. The van der Waals surface area contributed by atoms with E-state index in [4.69, 9.17) is 0 Å². The minimum atomic E-state index is 0.385. The molecule has 0 heterocycles. The zero-order chi connectivity index (χ0) is 41.9. The van der Waals surface area contributed by atoms with Crippen molar-refractivity contribution in [3.05, 3.63) is 0 Å². The van der Waals surface area contributed by atoms with Gasteiger partial charge in [0.2, 0.25) is 11.8 Å². The third kappa shape index (κ3) is 41.4. The molecule has 0 radical (unpaired) electrons. The van der Waals surface area contributed by atoms with Crippen LogP contribution in [0.2, 0.25) is 0 Å². The van der Waals surface area contributed by atoms with E-state index in [0.717, 1.165) is 90.6 Å². The minimum absolute atomic E-state index is 0.385. The molecule has 0 saturated carbocycles. The summed E-state index contributed by atoms with van der Waals surface area (Å²) < 4.78 is 0. The molecular formula is C51H104N4O2. The van der Waals surface area contributed by atoms with E-state index >= 15 is 0 Å². The Hall–Kier alpha value is -1.14. The second-order valence-corrected chi connectivity index (χ2v) is 18.5. The number of unbranched alkanes of at least 4 members (excludes halogenated alkanes) is 30. The van der Waals surface area contributed by atoms with Crippen molar-refractivity contribution in [3.8, 4) is 0 Å². The van der Waals surface area contributed by atoms with Gasteiger partial charge in [-0.05, 0) is 79.8 Å². The van der Waals surface area contributed by atoms with Crippen molar-refractivity contribution in [2.75, 3.05) is 67.5 Å². The van der Waals surface area contributed by atoms with Crippen LogP contribution in [0, 0.1) is 0 Å². The van der Waals surface area contributed by atoms with Crippen LogP contribution in [0.4, 0.5) is 0 Å². The maximum Gasteiger partial charge on any atom is 0.222 e. The largest absolute Gasteiger partial charge is 0.343 e. The summed E-state index contributed by atoms with van der Waals surface area (Å²) in [6, 6.07) is 0. The predicted molar refractivity (Wildman–Crippen MR) is 252 cm³/mol. The summed E-state index contributed by atoms with van der Waals surface area (Å²) in [5.41, 5.74) is 0. The van der Waals surface area contributed by atoms with E-state index in [-0.39, 0.29) is 0 Å². The third-order valence-corrected chi connectivity index (χ3v) is 12.1. The highest BCUT2D eigenvalue weighted by Gasteiger charge is 2.14. The van der Waals surface area contributed by atoms with Crippen molar-refractivity contribution < 1.29 is 9.59 Å². The molecule has 6 heteroatoms. The highest BCUT2D eigenvalue weighted by atomic mass is 16.2. The van der Waals surface area contributed by atoms with Gasteiger partial charge in [0.05, 0.1) is 0 Å². The van der Waals surface area contributed by atoms with Gasteiger partial charge >= 0.3 is 0 Å². The molecule has 340 valence electrons. The van der Waals surface area contributed by atoms with Gasteiger partial charge in [0.1, 0.15) is 0 Å². The first-order chi connectivity index (χ1) is 27.8. The van der Waals surface area contributed by atoms with Crippen LogP contribution in [0.25, 0.3) is 0 Å². The van der Waals surface area contributed by atoms with Crippen LogP contribution in [0.5, 0.6) is 0 Å². The Kier molecular flexibility index (Phi) is 43.5. The molecule has 0 rings (SSSR count). The topological polar surface area (TPSA) is 47.1 Å². The van der Waals surface area contributed by atoms with E-state index in [0.29, 0.717) is 11.8 Å². The molecule has 0 aromatic carbocycles. The van der Waals surface area contributed by atoms with Gasteiger partial charge in [-0.3, -0.25) is 9.59 Å². The Morgan fingerprint density at radius 1 is 0.263 bits per heavy atom. The average molecular weight is 805 g/mol. The monoisotopic (exact) mass is 805 g/mol. The van der Waals surface area contributed by atoms with Gasteiger partial charge in [-0.2, -0.15) is 0 Å². The van der Waals surface area contributed by atoms with Crippen LogP contribution in [0.15, 0.2) is 0 Å². The van der Waals surface area contributed by atoms with Crippen molar-refractivity contribution in [2.45, 2.75) is 251 Å². The summed E-state index contributed by atoms with van der Waals surface area (Å²) in [4.78, 5) is 35.3. The molecule has 0 bridgehead atoms. The zero-order valence-electron chi connectivity index (χ0n) is 40.0. The number of carbonyl (C=O) groups excluding carboxylic acids is 2. The van der Waals surface area contributed by atoms with Crippen LogP contribution in [-0.4, -0.2) is 98.9 Å². The summed E-state index contributed by atoms with van der Waals surface area (Å²) >= 11 is 0. The molecule has 0 aliphatic carbocycles. The van der Waals surface area contributed by atoms with Crippen LogP contribution < -0.4 is 0 Å². The number of rotatable bonds is 46. The van der Waals surface area contributed by atoms with Gasteiger partial charge in [0.25, 0.3) is 0 Å². The molecular weight excluding hydrogens is 701 g/mol. The second kappa shape index (κ2) is 44.4. The SMILES string of the molecule is CCCCCCCCCCCCCCCC(=O)N(CCCCCCCCCN(CCCN(C)C)C(=O)CCCCCCCCCCCCCCC)CCCN(C)C. The van der Waals surface area contributed by atoms with E-state index in [1.165, 1.54) is 186 Å². The smallest absolute Gasteiger partial charge is 0.222 e. The lowest BCUT2D eigenvalue weighted by molar-refractivity contribution is -0.132. The number of amides is 2. The molecule has 0 aliphatic heterocycles. The first kappa shape index (κ1) is 55.9. The molecule has 0 atom stereocenters. The molecule has 0 aliphatic rings. The summed E-state index contributed by atoms with van der Waals surface area (Å²) in [7, 11) is 8.51. The maximum atomic E-state index is 13.2. The fourth-order valence-electron chi connectivity index (χ4n) is 8.27. The summed E-state index contributed by atoms with van der Waals surface area (Å²) in [6.45, 7) is 10.3. The predicted octanol–water partition coefficient (Wildman–Crippen LogP) is 14.2. The van der Waals surface area contributed by atoms with E-state index in [1.807, 2.05) is 0 Å². The Labute approximate surface area is 358 Å². The molecule has 2 amide bonds. The van der Waals surface area contributed by atoms with Gasteiger partial charge in [0.15, 0.2) is 0 Å². The fourth-order valence-corrected chi connectivity index (χ4v) is 8.27. The van der Waals surface area contributed by atoms with E-state index < -0.39 is 0 Å². The van der Waals surface area contributed by atoms with E-state index in [9.17, 15) is 9.59 Å². The van der Waals surface area contributed by atoms with Crippen LogP contribution in [0.3, 0.4) is 0 Å². The summed E-state index contributed by atoms with van der Waals surface area (Å²) in [5.74, 6) is 0.770. The highest BCUT2D eigenvalue weighted by Crippen LogP contribution is 2.16. The maximum absolute atomic E-state index is 13.2. The molecule has 6 nitrogen and oxygen atoms in total. The van der Waals surface area contributed by atoms with Gasteiger partial charge in [-0.25, -0.2) is 0 Å². The van der Waals surface area contributed by atoms with Gasteiger partial charge in [0, 0.05) is 39.0 Å². The molecule has 0 aromatic rings. The lowest BCUT2D eigenvalue weighted by Gasteiger charge is -2.24. The molecule has 57 heavy (non-hydrogen) atoms.